The number of aliphatic imine (C=N–C) groups is 1. The fraction of sp³-hybridized carbons (Fsp3) is 0.667. The van der Waals surface area contributed by atoms with Crippen LogP contribution in [0.5, 0.6) is 5.75 Å². The summed E-state index contributed by atoms with van der Waals surface area (Å²) in [6.45, 7) is 6.72. The van der Waals surface area contributed by atoms with Crippen molar-refractivity contribution in [1.29, 1.82) is 0 Å². The van der Waals surface area contributed by atoms with E-state index in [4.69, 9.17) is 9.73 Å². The number of ether oxygens (including phenoxy) is 1. The highest BCUT2D eigenvalue weighted by atomic mass is 16.5. The van der Waals surface area contributed by atoms with E-state index in [-0.39, 0.29) is 12.6 Å². The fourth-order valence-electron chi connectivity index (χ4n) is 3.19. The first-order valence-corrected chi connectivity index (χ1v) is 9.99. The van der Waals surface area contributed by atoms with Crippen molar-refractivity contribution in [2.75, 3.05) is 47.4 Å². The van der Waals surface area contributed by atoms with Gasteiger partial charge in [-0.25, -0.2) is 0 Å². The van der Waals surface area contributed by atoms with Gasteiger partial charge in [-0.15, -0.1) is 0 Å². The normalized spacial score (nSPS) is 14.1. The third-order valence-corrected chi connectivity index (χ3v) is 4.67. The van der Waals surface area contributed by atoms with Crippen molar-refractivity contribution in [1.82, 2.24) is 15.5 Å². The molecule has 1 rings (SSSR count). The second kappa shape index (κ2) is 13.4. The Labute approximate surface area is 165 Å². The number of rotatable bonds is 12. The Morgan fingerprint density at radius 1 is 1.19 bits per heavy atom. The van der Waals surface area contributed by atoms with E-state index in [0.717, 1.165) is 56.2 Å². The van der Waals surface area contributed by atoms with E-state index in [1.165, 1.54) is 0 Å². The number of hydrogen-bond acceptors (Lipinski definition) is 4. The minimum atomic E-state index is 0.161. The molecule has 2 atom stereocenters. The molecule has 154 valence electrons. The van der Waals surface area contributed by atoms with Crippen LogP contribution in [-0.2, 0) is 0 Å². The molecular formula is C21H38N4O2. The van der Waals surface area contributed by atoms with Gasteiger partial charge < -0.3 is 25.4 Å². The van der Waals surface area contributed by atoms with Gasteiger partial charge in [0.1, 0.15) is 5.75 Å². The van der Waals surface area contributed by atoms with Crippen LogP contribution in [0.4, 0.5) is 0 Å². The summed E-state index contributed by atoms with van der Waals surface area (Å²) in [5, 5.41) is 16.0. The number of benzene rings is 1. The van der Waals surface area contributed by atoms with Crippen molar-refractivity contribution in [2.24, 2.45) is 10.9 Å². The quantitative estimate of drug-likeness (QED) is 0.385. The Morgan fingerprint density at radius 3 is 2.52 bits per heavy atom. The smallest absolute Gasteiger partial charge is 0.191 e. The molecule has 0 heterocycles. The molecule has 0 aliphatic rings. The largest absolute Gasteiger partial charge is 0.496 e. The second-order valence-electron chi connectivity index (χ2n) is 6.99. The molecule has 0 aromatic heterocycles. The molecule has 0 saturated heterocycles. The van der Waals surface area contributed by atoms with Crippen LogP contribution >= 0.6 is 0 Å². The van der Waals surface area contributed by atoms with Gasteiger partial charge in [-0.05, 0) is 45.8 Å². The van der Waals surface area contributed by atoms with Crippen LogP contribution in [0.1, 0.15) is 44.7 Å². The summed E-state index contributed by atoms with van der Waals surface area (Å²) in [4.78, 5) is 6.93. The lowest BCUT2D eigenvalue weighted by molar-refractivity contribution is 0.253. The summed E-state index contributed by atoms with van der Waals surface area (Å²) in [5.41, 5.74) is 1.15. The highest BCUT2D eigenvalue weighted by molar-refractivity contribution is 5.79. The number of methoxy groups -OCH3 is 1. The Kier molecular flexibility index (Phi) is 11.5. The van der Waals surface area contributed by atoms with Crippen LogP contribution in [0.25, 0.3) is 0 Å². The number of aliphatic hydroxyl groups excluding tert-OH is 1. The first-order valence-electron chi connectivity index (χ1n) is 9.99. The molecular weight excluding hydrogens is 340 g/mol. The molecule has 6 heteroatoms. The van der Waals surface area contributed by atoms with Crippen molar-refractivity contribution in [3.63, 3.8) is 0 Å². The molecule has 0 aliphatic heterocycles. The Balaban J connectivity index is 2.83. The van der Waals surface area contributed by atoms with Crippen LogP contribution in [0.3, 0.4) is 0 Å². The summed E-state index contributed by atoms with van der Waals surface area (Å²) in [6, 6.07) is 8.29. The van der Waals surface area contributed by atoms with Gasteiger partial charge in [-0.3, -0.25) is 4.99 Å². The van der Waals surface area contributed by atoms with E-state index >= 15 is 0 Å². The zero-order valence-corrected chi connectivity index (χ0v) is 17.7. The van der Waals surface area contributed by atoms with Gasteiger partial charge in [0, 0.05) is 31.8 Å². The van der Waals surface area contributed by atoms with E-state index < -0.39 is 0 Å². The first-order chi connectivity index (χ1) is 13.1. The number of aliphatic hydroxyl groups is 1. The summed E-state index contributed by atoms with van der Waals surface area (Å²) < 4.78 is 5.54. The van der Waals surface area contributed by atoms with Crippen molar-refractivity contribution in [3.05, 3.63) is 29.8 Å². The van der Waals surface area contributed by atoms with Crippen molar-refractivity contribution in [2.45, 2.75) is 39.2 Å². The summed E-state index contributed by atoms with van der Waals surface area (Å²) in [6.07, 6.45) is 3.00. The van der Waals surface area contributed by atoms with Crippen LogP contribution < -0.4 is 15.4 Å². The predicted molar refractivity (Wildman–Crippen MR) is 114 cm³/mol. The monoisotopic (exact) mass is 378 g/mol. The van der Waals surface area contributed by atoms with Gasteiger partial charge in [0.05, 0.1) is 13.2 Å². The maximum Gasteiger partial charge on any atom is 0.191 e. The highest BCUT2D eigenvalue weighted by Gasteiger charge is 2.18. The van der Waals surface area contributed by atoms with Gasteiger partial charge in [0.2, 0.25) is 0 Å². The number of para-hydroxylation sites is 1. The Bertz CT molecular complexity index is 543. The lowest BCUT2D eigenvalue weighted by Crippen LogP contribution is -2.42. The van der Waals surface area contributed by atoms with E-state index in [0.29, 0.717) is 5.92 Å². The van der Waals surface area contributed by atoms with Crippen molar-refractivity contribution in [3.8, 4) is 5.75 Å². The molecule has 0 aliphatic carbocycles. The topological polar surface area (TPSA) is 69.1 Å². The highest BCUT2D eigenvalue weighted by Crippen LogP contribution is 2.27. The molecule has 1 aromatic rings. The molecule has 1 aromatic carbocycles. The molecule has 0 radical (unpaired) electrons. The summed E-state index contributed by atoms with van der Waals surface area (Å²) >= 11 is 0. The Hall–Kier alpha value is -1.79. The Morgan fingerprint density at radius 2 is 1.93 bits per heavy atom. The minimum absolute atomic E-state index is 0.161. The summed E-state index contributed by atoms with van der Waals surface area (Å²) in [7, 11) is 5.85. The third-order valence-electron chi connectivity index (χ3n) is 4.67. The molecule has 3 N–H and O–H groups in total. The zero-order chi connectivity index (χ0) is 20.1. The van der Waals surface area contributed by atoms with E-state index in [1.807, 2.05) is 18.2 Å². The van der Waals surface area contributed by atoms with Crippen molar-refractivity contribution < 1.29 is 9.84 Å². The maximum absolute atomic E-state index is 9.25. The third kappa shape index (κ3) is 8.18. The molecule has 2 unspecified atom stereocenters. The summed E-state index contributed by atoms with van der Waals surface area (Å²) in [5.74, 6) is 2.14. The number of nitrogens with zero attached hydrogens (tertiary/aromatic N) is 2. The molecule has 6 nitrogen and oxygen atoms in total. The van der Waals surface area contributed by atoms with Gasteiger partial charge in [0.15, 0.2) is 5.96 Å². The van der Waals surface area contributed by atoms with Crippen LogP contribution in [0, 0.1) is 5.92 Å². The molecule has 0 amide bonds. The van der Waals surface area contributed by atoms with Crippen molar-refractivity contribution >= 4 is 5.96 Å². The average molecular weight is 379 g/mol. The zero-order valence-electron chi connectivity index (χ0n) is 17.7. The van der Waals surface area contributed by atoms with Crippen LogP contribution in [-0.4, -0.2) is 63.4 Å². The lowest BCUT2D eigenvalue weighted by Gasteiger charge is -2.27. The van der Waals surface area contributed by atoms with E-state index in [9.17, 15) is 5.11 Å². The maximum atomic E-state index is 9.25. The molecule has 0 spiro atoms. The predicted octanol–water partition coefficient (Wildman–Crippen LogP) is 2.65. The average Bonchev–Trinajstić information content (AvgIpc) is 2.66. The standard InChI is InChI=1S/C21H38N4O2/c1-6-10-17(13-14-26)15-23-21(22-7-2)24-16-19(25(3)4)18-11-8-9-12-20(18)27-5/h8-9,11-12,17,19,26H,6-7,10,13-16H2,1-5H3,(H2,22,23,24). The molecule has 0 fully saturated rings. The fourth-order valence-corrected chi connectivity index (χ4v) is 3.19. The van der Waals surface area contributed by atoms with Crippen LogP contribution in [0.2, 0.25) is 0 Å². The molecule has 0 bridgehead atoms. The number of likely N-dealkylation sites (N-methyl/N-ethyl adjacent to an activating group) is 1. The first kappa shape index (κ1) is 23.2. The van der Waals surface area contributed by atoms with Gasteiger partial charge in [-0.1, -0.05) is 31.5 Å². The number of hydrogen-bond donors (Lipinski definition) is 3. The van der Waals surface area contributed by atoms with Gasteiger partial charge >= 0.3 is 0 Å². The molecule has 27 heavy (non-hydrogen) atoms. The SMILES string of the molecule is CCCC(CCO)CN=C(NCC)NCC(c1ccccc1OC)N(C)C. The van der Waals surface area contributed by atoms with Gasteiger partial charge in [0.25, 0.3) is 0 Å². The second-order valence-corrected chi connectivity index (χ2v) is 6.99. The van der Waals surface area contributed by atoms with E-state index in [1.54, 1.807) is 7.11 Å². The van der Waals surface area contributed by atoms with Crippen LogP contribution in [0.15, 0.2) is 29.3 Å². The number of guanidine groups is 1. The lowest BCUT2D eigenvalue weighted by atomic mass is 10.0. The number of nitrogens with one attached hydrogen (secondary N) is 2. The minimum Gasteiger partial charge on any atom is -0.496 e. The van der Waals surface area contributed by atoms with E-state index in [2.05, 4.69) is 49.5 Å². The van der Waals surface area contributed by atoms with Gasteiger partial charge in [-0.2, -0.15) is 0 Å². The molecule has 0 saturated carbocycles.